The summed E-state index contributed by atoms with van der Waals surface area (Å²) in [7, 11) is 0. The molecular formula is C12H15ClN2O. The van der Waals surface area contributed by atoms with Crippen LogP contribution >= 0.6 is 11.6 Å². The molecule has 0 spiro atoms. The number of anilines is 1. The van der Waals surface area contributed by atoms with Gasteiger partial charge in [0.05, 0.1) is 16.3 Å². The van der Waals surface area contributed by atoms with E-state index >= 15 is 0 Å². The Morgan fingerprint density at radius 3 is 2.88 bits per heavy atom. The number of halogens is 1. The summed E-state index contributed by atoms with van der Waals surface area (Å²) in [5.41, 5.74) is 6.56. The Balaban J connectivity index is 1.99. The van der Waals surface area contributed by atoms with Crippen LogP contribution in [0.3, 0.4) is 0 Å². The molecule has 2 rings (SSSR count). The first kappa shape index (κ1) is 11.3. The van der Waals surface area contributed by atoms with Gasteiger partial charge in [0, 0.05) is 6.54 Å². The first-order valence-corrected chi connectivity index (χ1v) is 5.88. The average Bonchev–Trinajstić information content (AvgIpc) is 2.19. The summed E-state index contributed by atoms with van der Waals surface area (Å²) in [6, 6.07) is 5.11. The highest BCUT2D eigenvalue weighted by Gasteiger charge is 2.19. The van der Waals surface area contributed by atoms with E-state index in [1.807, 2.05) is 0 Å². The summed E-state index contributed by atoms with van der Waals surface area (Å²) in [6.07, 6.45) is 3.70. The quantitative estimate of drug-likeness (QED) is 0.795. The van der Waals surface area contributed by atoms with Crippen molar-refractivity contribution in [3.63, 3.8) is 0 Å². The molecule has 16 heavy (non-hydrogen) atoms. The summed E-state index contributed by atoms with van der Waals surface area (Å²) in [5.74, 6) is 0.510. The smallest absolute Gasteiger partial charge is 0.253 e. The predicted octanol–water partition coefficient (Wildman–Crippen LogP) is 2.45. The Hall–Kier alpha value is -1.22. The van der Waals surface area contributed by atoms with Gasteiger partial charge in [-0.25, -0.2) is 0 Å². The number of nitrogen functional groups attached to an aromatic ring is 1. The molecule has 1 aliphatic carbocycles. The van der Waals surface area contributed by atoms with Crippen molar-refractivity contribution in [2.75, 3.05) is 12.3 Å². The van der Waals surface area contributed by atoms with Crippen molar-refractivity contribution in [1.29, 1.82) is 0 Å². The summed E-state index contributed by atoms with van der Waals surface area (Å²) < 4.78 is 0. The summed E-state index contributed by atoms with van der Waals surface area (Å²) in [4.78, 5) is 11.8. The maximum Gasteiger partial charge on any atom is 0.253 e. The SMILES string of the molecule is Nc1c(Cl)cccc1C(=O)NCC1CCC1. The van der Waals surface area contributed by atoms with Gasteiger partial charge in [0.2, 0.25) is 0 Å². The highest BCUT2D eigenvalue weighted by molar-refractivity contribution is 6.33. The maximum atomic E-state index is 11.8. The number of hydrogen-bond acceptors (Lipinski definition) is 2. The van der Waals surface area contributed by atoms with Crippen LogP contribution in [0.25, 0.3) is 0 Å². The lowest BCUT2D eigenvalue weighted by molar-refractivity contribution is 0.0940. The first-order valence-electron chi connectivity index (χ1n) is 5.50. The molecule has 4 heteroatoms. The molecule has 1 amide bonds. The van der Waals surface area contributed by atoms with Crippen molar-refractivity contribution in [3.05, 3.63) is 28.8 Å². The van der Waals surface area contributed by atoms with Crippen molar-refractivity contribution >= 4 is 23.2 Å². The van der Waals surface area contributed by atoms with E-state index in [0.29, 0.717) is 22.2 Å². The largest absolute Gasteiger partial charge is 0.397 e. The van der Waals surface area contributed by atoms with E-state index in [9.17, 15) is 4.79 Å². The molecule has 0 heterocycles. The van der Waals surface area contributed by atoms with Crippen LogP contribution in [0.2, 0.25) is 5.02 Å². The third kappa shape index (κ3) is 2.30. The fraction of sp³-hybridized carbons (Fsp3) is 0.417. The third-order valence-electron chi connectivity index (χ3n) is 3.07. The number of rotatable bonds is 3. The van der Waals surface area contributed by atoms with Crippen molar-refractivity contribution in [2.24, 2.45) is 5.92 Å². The Labute approximate surface area is 100.0 Å². The van der Waals surface area contributed by atoms with Crippen LogP contribution in [-0.4, -0.2) is 12.5 Å². The Morgan fingerprint density at radius 2 is 2.25 bits per heavy atom. The van der Waals surface area contributed by atoms with Gasteiger partial charge in [-0.2, -0.15) is 0 Å². The fourth-order valence-electron chi connectivity index (χ4n) is 1.76. The molecule has 0 saturated heterocycles. The molecule has 1 aromatic carbocycles. The fourth-order valence-corrected chi connectivity index (χ4v) is 1.94. The normalized spacial score (nSPS) is 15.6. The van der Waals surface area contributed by atoms with Gasteiger partial charge in [-0.15, -0.1) is 0 Å². The van der Waals surface area contributed by atoms with Gasteiger partial charge in [0.15, 0.2) is 0 Å². The summed E-state index contributed by atoms with van der Waals surface area (Å²) in [6.45, 7) is 0.741. The molecule has 0 bridgehead atoms. The molecule has 1 aromatic rings. The van der Waals surface area contributed by atoms with E-state index in [1.54, 1.807) is 18.2 Å². The van der Waals surface area contributed by atoms with E-state index in [4.69, 9.17) is 17.3 Å². The molecule has 0 radical (unpaired) electrons. The van der Waals surface area contributed by atoms with Gasteiger partial charge < -0.3 is 11.1 Å². The predicted molar refractivity (Wildman–Crippen MR) is 65.5 cm³/mol. The van der Waals surface area contributed by atoms with Gasteiger partial charge >= 0.3 is 0 Å². The standard InChI is InChI=1S/C12H15ClN2O/c13-10-6-2-5-9(11(10)14)12(16)15-7-8-3-1-4-8/h2,5-6,8H,1,3-4,7,14H2,(H,15,16). The van der Waals surface area contributed by atoms with Crippen LogP contribution in [0.4, 0.5) is 5.69 Å². The molecule has 1 fully saturated rings. The van der Waals surface area contributed by atoms with Gasteiger partial charge in [-0.1, -0.05) is 24.1 Å². The number of carbonyl (C=O) groups excluding carboxylic acids is 1. The number of hydrogen-bond donors (Lipinski definition) is 2. The number of amides is 1. The van der Waals surface area contributed by atoms with Crippen molar-refractivity contribution < 1.29 is 4.79 Å². The molecular weight excluding hydrogens is 224 g/mol. The third-order valence-corrected chi connectivity index (χ3v) is 3.40. The monoisotopic (exact) mass is 238 g/mol. The molecule has 0 unspecified atom stereocenters. The van der Waals surface area contributed by atoms with Crippen molar-refractivity contribution in [2.45, 2.75) is 19.3 Å². The molecule has 1 saturated carbocycles. The Morgan fingerprint density at radius 1 is 1.50 bits per heavy atom. The van der Waals surface area contributed by atoms with Crippen LogP contribution < -0.4 is 11.1 Å². The first-order chi connectivity index (χ1) is 7.68. The zero-order valence-corrected chi connectivity index (χ0v) is 9.76. The van der Waals surface area contributed by atoms with E-state index in [0.717, 1.165) is 6.54 Å². The van der Waals surface area contributed by atoms with E-state index < -0.39 is 0 Å². The minimum atomic E-state index is -0.132. The minimum absolute atomic E-state index is 0.132. The van der Waals surface area contributed by atoms with Crippen molar-refractivity contribution in [1.82, 2.24) is 5.32 Å². The lowest BCUT2D eigenvalue weighted by atomic mass is 9.85. The molecule has 0 atom stereocenters. The average molecular weight is 239 g/mol. The molecule has 0 aromatic heterocycles. The number of carbonyl (C=O) groups is 1. The Kier molecular flexibility index (Phi) is 3.34. The number of benzene rings is 1. The van der Waals surface area contributed by atoms with E-state index in [1.165, 1.54) is 19.3 Å². The van der Waals surface area contributed by atoms with Gasteiger partial charge in [0.25, 0.3) is 5.91 Å². The lowest BCUT2D eigenvalue weighted by Gasteiger charge is -2.25. The highest BCUT2D eigenvalue weighted by Crippen LogP contribution is 2.26. The highest BCUT2D eigenvalue weighted by atomic mass is 35.5. The number of nitrogens with two attached hydrogens (primary N) is 1. The molecule has 0 aliphatic heterocycles. The van der Waals surface area contributed by atoms with Crippen LogP contribution in [0.15, 0.2) is 18.2 Å². The van der Waals surface area contributed by atoms with Crippen LogP contribution in [-0.2, 0) is 0 Å². The maximum absolute atomic E-state index is 11.8. The second kappa shape index (κ2) is 4.74. The van der Waals surface area contributed by atoms with Gasteiger partial charge in [-0.05, 0) is 30.9 Å². The zero-order chi connectivity index (χ0) is 11.5. The lowest BCUT2D eigenvalue weighted by Crippen LogP contribution is -2.32. The number of nitrogens with one attached hydrogen (secondary N) is 1. The van der Waals surface area contributed by atoms with Gasteiger partial charge in [0.1, 0.15) is 0 Å². The molecule has 86 valence electrons. The van der Waals surface area contributed by atoms with Crippen LogP contribution in [0.1, 0.15) is 29.6 Å². The topological polar surface area (TPSA) is 55.1 Å². The van der Waals surface area contributed by atoms with E-state index in [2.05, 4.69) is 5.32 Å². The Bertz CT molecular complexity index is 402. The van der Waals surface area contributed by atoms with E-state index in [-0.39, 0.29) is 5.91 Å². The molecule has 3 nitrogen and oxygen atoms in total. The van der Waals surface area contributed by atoms with Gasteiger partial charge in [-0.3, -0.25) is 4.79 Å². The summed E-state index contributed by atoms with van der Waals surface area (Å²) in [5, 5.41) is 3.32. The second-order valence-corrected chi connectivity index (χ2v) is 4.62. The number of para-hydroxylation sites is 1. The minimum Gasteiger partial charge on any atom is -0.397 e. The second-order valence-electron chi connectivity index (χ2n) is 4.21. The van der Waals surface area contributed by atoms with Crippen molar-refractivity contribution in [3.8, 4) is 0 Å². The van der Waals surface area contributed by atoms with Crippen LogP contribution in [0.5, 0.6) is 0 Å². The zero-order valence-electron chi connectivity index (χ0n) is 9.00. The molecule has 3 N–H and O–H groups in total. The summed E-state index contributed by atoms with van der Waals surface area (Å²) >= 11 is 5.85. The molecule has 1 aliphatic rings. The van der Waals surface area contributed by atoms with Crippen LogP contribution in [0, 0.1) is 5.92 Å².